The summed E-state index contributed by atoms with van der Waals surface area (Å²) in [6.07, 6.45) is 6.00. The number of carbonyl (C=O) groups is 1. The van der Waals surface area contributed by atoms with Crippen molar-refractivity contribution < 1.29 is 9.18 Å². The fraction of sp³-hybridized carbons (Fsp3) is 0.208. The highest BCUT2D eigenvalue weighted by Gasteiger charge is 2.17. The highest BCUT2D eigenvalue weighted by molar-refractivity contribution is 7.17. The van der Waals surface area contributed by atoms with Gasteiger partial charge in [0, 0.05) is 16.6 Å². The van der Waals surface area contributed by atoms with Gasteiger partial charge in [0.25, 0.3) is 5.56 Å². The fourth-order valence-corrected chi connectivity index (χ4v) is 4.99. The SMILES string of the molecule is O=C(Cn1cnc2scc(-c3ccc4c(c3)CCCC4)c2c1=O)Nc1ccc(F)cc1. The molecule has 0 unspecified atom stereocenters. The zero-order valence-electron chi connectivity index (χ0n) is 16.7. The Morgan fingerprint density at radius 2 is 1.87 bits per heavy atom. The van der Waals surface area contributed by atoms with Crippen molar-refractivity contribution in [2.75, 3.05) is 5.32 Å². The summed E-state index contributed by atoms with van der Waals surface area (Å²) >= 11 is 1.43. The lowest BCUT2D eigenvalue weighted by Gasteiger charge is -2.16. The van der Waals surface area contributed by atoms with E-state index in [9.17, 15) is 14.0 Å². The van der Waals surface area contributed by atoms with Crippen molar-refractivity contribution >= 4 is 33.1 Å². The number of anilines is 1. The molecule has 0 fully saturated rings. The van der Waals surface area contributed by atoms with Gasteiger partial charge in [0.15, 0.2) is 0 Å². The van der Waals surface area contributed by atoms with Crippen molar-refractivity contribution in [3.63, 3.8) is 0 Å². The number of aromatic nitrogens is 2. The van der Waals surface area contributed by atoms with Crippen LogP contribution < -0.4 is 10.9 Å². The third kappa shape index (κ3) is 3.88. The van der Waals surface area contributed by atoms with Crippen molar-refractivity contribution in [1.82, 2.24) is 9.55 Å². The average molecular weight is 434 g/mol. The van der Waals surface area contributed by atoms with Crippen LogP contribution in [-0.4, -0.2) is 15.5 Å². The maximum atomic E-state index is 13.2. The summed E-state index contributed by atoms with van der Waals surface area (Å²) in [7, 11) is 0. The first-order valence-corrected chi connectivity index (χ1v) is 11.1. The number of hydrogen-bond donors (Lipinski definition) is 1. The smallest absolute Gasteiger partial charge is 0.263 e. The third-order valence-corrected chi connectivity index (χ3v) is 6.55. The second-order valence-electron chi connectivity index (χ2n) is 7.75. The first-order chi connectivity index (χ1) is 15.1. The molecule has 0 spiro atoms. The van der Waals surface area contributed by atoms with E-state index in [0.29, 0.717) is 15.9 Å². The van der Waals surface area contributed by atoms with E-state index in [4.69, 9.17) is 0 Å². The molecule has 1 N–H and O–H groups in total. The van der Waals surface area contributed by atoms with E-state index in [1.165, 1.54) is 70.5 Å². The second-order valence-corrected chi connectivity index (χ2v) is 8.61. The summed E-state index contributed by atoms with van der Waals surface area (Å²) in [5.74, 6) is -0.753. The van der Waals surface area contributed by atoms with Gasteiger partial charge in [-0.15, -0.1) is 11.3 Å². The predicted octanol–water partition coefficient (Wildman–Crippen LogP) is 4.78. The minimum absolute atomic E-state index is 0.168. The lowest BCUT2D eigenvalue weighted by Crippen LogP contribution is -2.27. The molecule has 1 amide bonds. The van der Waals surface area contributed by atoms with Gasteiger partial charge in [-0.3, -0.25) is 14.2 Å². The van der Waals surface area contributed by atoms with Gasteiger partial charge in [0.1, 0.15) is 17.2 Å². The zero-order valence-corrected chi connectivity index (χ0v) is 17.5. The first-order valence-electron chi connectivity index (χ1n) is 10.2. The molecule has 0 aliphatic heterocycles. The fourth-order valence-electron chi connectivity index (χ4n) is 4.08. The highest BCUT2D eigenvalue weighted by Crippen LogP contribution is 2.33. The molecule has 4 aromatic rings. The number of fused-ring (bicyclic) bond motifs is 2. The van der Waals surface area contributed by atoms with Crippen LogP contribution in [0.15, 0.2) is 59.0 Å². The molecule has 0 saturated carbocycles. The molecule has 0 atom stereocenters. The number of hydrogen-bond acceptors (Lipinski definition) is 4. The van der Waals surface area contributed by atoms with Crippen molar-refractivity contribution in [3.8, 4) is 11.1 Å². The van der Waals surface area contributed by atoms with Crippen LogP contribution in [0.3, 0.4) is 0 Å². The van der Waals surface area contributed by atoms with Crippen LogP contribution in [0.25, 0.3) is 21.3 Å². The summed E-state index contributed by atoms with van der Waals surface area (Å²) in [5.41, 5.74) is 4.85. The largest absolute Gasteiger partial charge is 0.325 e. The molecule has 0 saturated heterocycles. The molecule has 0 radical (unpaired) electrons. The van der Waals surface area contributed by atoms with Crippen LogP contribution in [-0.2, 0) is 24.2 Å². The number of nitrogens with zero attached hydrogens (tertiary/aromatic N) is 2. The molecular weight excluding hydrogens is 413 g/mol. The number of carbonyl (C=O) groups excluding carboxylic acids is 1. The number of benzene rings is 2. The summed E-state index contributed by atoms with van der Waals surface area (Å²) in [6.45, 7) is -0.168. The van der Waals surface area contributed by atoms with Gasteiger partial charge >= 0.3 is 0 Å². The number of nitrogens with one attached hydrogen (secondary N) is 1. The van der Waals surface area contributed by atoms with Gasteiger partial charge in [0.05, 0.1) is 11.7 Å². The minimum Gasteiger partial charge on any atom is -0.325 e. The number of thiophene rings is 1. The molecule has 1 aliphatic carbocycles. The van der Waals surface area contributed by atoms with Crippen LogP contribution in [0.5, 0.6) is 0 Å². The van der Waals surface area contributed by atoms with E-state index >= 15 is 0 Å². The number of halogens is 1. The summed E-state index contributed by atoms with van der Waals surface area (Å²) < 4.78 is 14.4. The topological polar surface area (TPSA) is 64.0 Å². The van der Waals surface area contributed by atoms with E-state index in [2.05, 4.69) is 28.5 Å². The lowest BCUT2D eigenvalue weighted by atomic mass is 9.89. The maximum absolute atomic E-state index is 13.2. The molecule has 2 aromatic heterocycles. The number of rotatable bonds is 4. The number of amides is 1. The van der Waals surface area contributed by atoms with Gasteiger partial charge in [-0.2, -0.15) is 0 Å². The predicted molar refractivity (Wildman–Crippen MR) is 121 cm³/mol. The quantitative estimate of drug-likeness (QED) is 0.504. The van der Waals surface area contributed by atoms with E-state index in [-0.39, 0.29) is 23.8 Å². The Morgan fingerprint density at radius 1 is 1.10 bits per heavy atom. The third-order valence-electron chi connectivity index (χ3n) is 5.66. The zero-order chi connectivity index (χ0) is 21.4. The molecule has 5 nitrogen and oxygen atoms in total. The molecule has 7 heteroatoms. The Kier molecular flexibility index (Phi) is 5.11. The molecule has 156 valence electrons. The van der Waals surface area contributed by atoms with Crippen LogP contribution in [0.1, 0.15) is 24.0 Å². The van der Waals surface area contributed by atoms with Crippen LogP contribution >= 0.6 is 11.3 Å². The minimum atomic E-state index is -0.379. The Morgan fingerprint density at radius 3 is 2.68 bits per heavy atom. The summed E-state index contributed by atoms with van der Waals surface area (Å²) in [5, 5.41) is 5.18. The second kappa shape index (κ2) is 8.07. The van der Waals surface area contributed by atoms with Gasteiger partial charge in [-0.05, 0) is 66.6 Å². The normalized spacial score (nSPS) is 13.2. The average Bonchev–Trinajstić information content (AvgIpc) is 3.22. The lowest BCUT2D eigenvalue weighted by molar-refractivity contribution is -0.116. The maximum Gasteiger partial charge on any atom is 0.263 e. The Labute approximate surface area is 182 Å². The van der Waals surface area contributed by atoms with Crippen LogP contribution in [0.4, 0.5) is 10.1 Å². The van der Waals surface area contributed by atoms with Gasteiger partial charge in [0.2, 0.25) is 5.91 Å². The molecule has 1 aliphatic rings. The summed E-state index contributed by atoms with van der Waals surface area (Å²) in [4.78, 5) is 30.7. The van der Waals surface area contributed by atoms with E-state index in [1.807, 2.05) is 5.38 Å². The molecular formula is C24H20FN3O2S. The van der Waals surface area contributed by atoms with Crippen LogP contribution in [0, 0.1) is 5.82 Å². The first kappa shape index (κ1) is 19.6. The van der Waals surface area contributed by atoms with E-state index < -0.39 is 0 Å². The Bertz CT molecular complexity index is 1340. The van der Waals surface area contributed by atoms with Crippen molar-refractivity contribution in [2.24, 2.45) is 0 Å². The standard InChI is InChI=1S/C24H20FN3O2S/c25-18-7-9-19(10-8-18)27-21(29)12-28-14-26-23-22(24(28)30)20(13-31-23)17-6-5-15-3-1-2-4-16(15)11-17/h5-11,13-14H,1-4,12H2,(H,27,29). The van der Waals surface area contributed by atoms with Crippen molar-refractivity contribution in [1.29, 1.82) is 0 Å². The van der Waals surface area contributed by atoms with Gasteiger partial charge in [-0.25, -0.2) is 9.37 Å². The van der Waals surface area contributed by atoms with Crippen molar-refractivity contribution in [3.05, 3.63) is 81.5 Å². The summed E-state index contributed by atoms with van der Waals surface area (Å²) in [6, 6.07) is 11.9. The molecule has 31 heavy (non-hydrogen) atoms. The van der Waals surface area contributed by atoms with Crippen LogP contribution in [0.2, 0.25) is 0 Å². The monoisotopic (exact) mass is 433 g/mol. The van der Waals surface area contributed by atoms with Gasteiger partial charge < -0.3 is 5.32 Å². The molecule has 2 aromatic carbocycles. The van der Waals surface area contributed by atoms with E-state index in [1.54, 1.807) is 0 Å². The molecule has 5 rings (SSSR count). The Balaban J connectivity index is 1.46. The molecule has 2 heterocycles. The van der Waals surface area contributed by atoms with E-state index in [0.717, 1.165) is 24.0 Å². The molecule has 0 bridgehead atoms. The van der Waals surface area contributed by atoms with Crippen molar-refractivity contribution in [2.45, 2.75) is 32.2 Å². The number of aryl methyl sites for hydroxylation is 2. The van der Waals surface area contributed by atoms with Gasteiger partial charge in [-0.1, -0.05) is 18.2 Å². The highest BCUT2D eigenvalue weighted by atomic mass is 32.1. The Hall–Kier alpha value is -3.32.